The molecule has 10 nitrogen and oxygen atoms in total. The maximum atomic E-state index is 12.0. The van der Waals surface area contributed by atoms with E-state index < -0.39 is 33.8 Å². The molecule has 0 saturated carbocycles. The quantitative estimate of drug-likeness (QED) is 0.303. The van der Waals surface area contributed by atoms with E-state index in [4.69, 9.17) is 8.92 Å². The smallest absolute Gasteiger partial charge is 0.414 e. The van der Waals surface area contributed by atoms with Crippen molar-refractivity contribution in [2.45, 2.75) is 17.9 Å². The molecule has 1 aliphatic rings. The Kier molecular flexibility index (Phi) is 5.49. The van der Waals surface area contributed by atoms with E-state index in [1.165, 1.54) is 19.2 Å². The highest BCUT2D eigenvalue weighted by molar-refractivity contribution is 7.86. The average molecular weight is 370 g/mol. The number of ether oxygens (including phenoxy) is 1. The van der Waals surface area contributed by atoms with Crippen LogP contribution in [0.15, 0.2) is 41.4 Å². The van der Waals surface area contributed by atoms with E-state index in [-0.39, 0.29) is 22.9 Å². The lowest BCUT2D eigenvalue weighted by Gasteiger charge is -2.09. The fourth-order valence-electron chi connectivity index (χ4n) is 1.91. The molecule has 0 aromatic heterocycles. The summed E-state index contributed by atoms with van der Waals surface area (Å²) in [6, 6.07) is 4.19. The Labute approximate surface area is 142 Å². The third-order valence-electron chi connectivity index (χ3n) is 3.14. The van der Waals surface area contributed by atoms with Crippen LogP contribution in [0.2, 0.25) is 0 Å². The SMILES string of the molecule is CC(=O)/C=C/N1C[C@@H](COS(=O)(=O)c2ccc([N+](=O)[O-])cc2)OC1=O. The molecule has 1 aromatic carbocycles. The van der Waals surface area contributed by atoms with Crippen molar-refractivity contribution in [2.75, 3.05) is 13.2 Å². The molecule has 2 rings (SSSR count). The summed E-state index contributed by atoms with van der Waals surface area (Å²) in [6.07, 6.45) is 0.865. The molecule has 1 heterocycles. The number of hydrogen-bond donors (Lipinski definition) is 0. The molecule has 0 N–H and O–H groups in total. The lowest BCUT2D eigenvalue weighted by Crippen LogP contribution is -2.23. The highest BCUT2D eigenvalue weighted by Gasteiger charge is 2.31. The van der Waals surface area contributed by atoms with Crippen molar-refractivity contribution >= 4 is 27.7 Å². The standard InChI is InChI=1S/C14H14N2O8S/c1-10(17)6-7-15-8-12(24-14(15)18)9-23-25(21,22)13-4-2-11(3-5-13)16(19)20/h2-7,12H,8-9H2,1H3/b7-6+/t12-/m0/s1. The van der Waals surface area contributed by atoms with Crippen LogP contribution in [-0.2, 0) is 23.8 Å². The molecule has 0 spiro atoms. The zero-order valence-electron chi connectivity index (χ0n) is 13.0. The number of nitro groups is 1. The van der Waals surface area contributed by atoms with Gasteiger partial charge in [0.05, 0.1) is 16.4 Å². The molecule has 0 unspecified atom stereocenters. The highest BCUT2D eigenvalue weighted by atomic mass is 32.2. The first kappa shape index (κ1) is 18.5. The topological polar surface area (TPSA) is 133 Å². The van der Waals surface area contributed by atoms with Gasteiger partial charge in [-0.15, -0.1) is 0 Å². The fourth-order valence-corrected chi connectivity index (χ4v) is 2.85. The van der Waals surface area contributed by atoms with Crippen LogP contribution in [0.1, 0.15) is 6.92 Å². The summed E-state index contributed by atoms with van der Waals surface area (Å²) in [5.41, 5.74) is -0.253. The molecule has 0 radical (unpaired) electrons. The second-order valence-corrected chi connectivity index (χ2v) is 6.69. The number of amides is 1. The average Bonchev–Trinajstić information content (AvgIpc) is 2.91. The van der Waals surface area contributed by atoms with E-state index in [9.17, 15) is 28.1 Å². The van der Waals surface area contributed by atoms with Crippen LogP contribution in [0.5, 0.6) is 0 Å². The van der Waals surface area contributed by atoms with E-state index in [2.05, 4.69) is 0 Å². The third kappa shape index (κ3) is 4.84. The van der Waals surface area contributed by atoms with Crippen LogP contribution in [0.4, 0.5) is 10.5 Å². The monoisotopic (exact) mass is 370 g/mol. The maximum Gasteiger partial charge on any atom is 0.414 e. The molecule has 11 heteroatoms. The van der Waals surface area contributed by atoms with Crippen molar-refractivity contribution in [3.63, 3.8) is 0 Å². The number of nitrogens with zero attached hydrogens (tertiary/aromatic N) is 2. The van der Waals surface area contributed by atoms with Crippen LogP contribution < -0.4 is 0 Å². The number of carbonyl (C=O) groups is 2. The van der Waals surface area contributed by atoms with Gasteiger partial charge in [0.1, 0.15) is 12.7 Å². The Morgan fingerprint density at radius 1 is 1.44 bits per heavy atom. The normalized spacial score (nSPS) is 17.7. The summed E-state index contributed by atoms with van der Waals surface area (Å²) in [5.74, 6) is -0.256. The Morgan fingerprint density at radius 2 is 2.08 bits per heavy atom. The van der Waals surface area contributed by atoms with Crippen molar-refractivity contribution in [1.29, 1.82) is 0 Å². The number of hydrogen-bond acceptors (Lipinski definition) is 8. The number of rotatable bonds is 7. The van der Waals surface area contributed by atoms with E-state index in [0.717, 1.165) is 29.2 Å². The largest absolute Gasteiger partial charge is 0.441 e. The number of non-ortho nitro benzene ring substituents is 1. The molecule has 0 bridgehead atoms. The summed E-state index contributed by atoms with van der Waals surface area (Å²) in [5, 5.41) is 10.6. The molecule has 1 aliphatic heterocycles. The number of cyclic esters (lactones) is 1. The Bertz CT molecular complexity index is 816. The molecule has 1 fully saturated rings. The van der Waals surface area contributed by atoms with Crippen LogP contribution in [0, 0.1) is 10.1 Å². The summed E-state index contributed by atoms with van der Waals surface area (Å²) in [4.78, 5) is 33.2. The predicted molar refractivity (Wildman–Crippen MR) is 83.0 cm³/mol. The van der Waals surface area contributed by atoms with Gasteiger partial charge >= 0.3 is 6.09 Å². The molecule has 1 aromatic rings. The lowest BCUT2D eigenvalue weighted by molar-refractivity contribution is -0.384. The molecule has 1 amide bonds. The molecule has 1 saturated heterocycles. The summed E-state index contributed by atoms with van der Waals surface area (Å²) >= 11 is 0. The summed E-state index contributed by atoms with van der Waals surface area (Å²) in [7, 11) is -4.16. The van der Waals surface area contributed by atoms with Gasteiger partial charge in [0, 0.05) is 18.3 Å². The maximum absolute atomic E-state index is 12.0. The van der Waals surface area contributed by atoms with Gasteiger partial charge in [0.2, 0.25) is 0 Å². The van der Waals surface area contributed by atoms with Gasteiger partial charge in [-0.25, -0.2) is 4.79 Å². The molecule has 25 heavy (non-hydrogen) atoms. The Hall–Kier alpha value is -2.79. The van der Waals surface area contributed by atoms with Crippen LogP contribution >= 0.6 is 0 Å². The van der Waals surface area contributed by atoms with Crippen molar-refractivity contribution in [1.82, 2.24) is 4.90 Å². The van der Waals surface area contributed by atoms with E-state index >= 15 is 0 Å². The molecule has 1 atom stereocenters. The van der Waals surface area contributed by atoms with E-state index in [1.807, 2.05) is 0 Å². The van der Waals surface area contributed by atoms with E-state index in [1.54, 1.807) is 0 Å². The van der Waals surface area contributed by atoms with Crippen molar-refractivity contribution in [3.8, 4) is 0 Å². The minimum Gasteiger partial charge on any atom is -0.441 e. The second kappa shape index (κ2) is 7.40. The van der Waals surface area contributed by atoms with Gasteiger partial charge in [-0.2, -0.15) is 8.42 Å². The first-order valence-corrected chi connectivity index (χ1v) is 8.40. The van der Waals surface area contributed by atoms with Crippen LogP contribution in [0.25, 0.3) is 0 Å². The third-order valence-corrected chi connectivity index (χ3v) is 4.43. The van der Waals surface area contributed by atoms with Gasteiger partial charge in [0.15, 0.2) is 5.78 Å². The zero-order chi connectivity index (χ0) is 18.6. The molecule has 0 aliphatic carbocycles. The molecular formula is C14H14N2O8S. The first-order valence-electron chi connectivity index (χ1n) is 6.99. The van der Waals surface area contributed by atoms with Crippen molar-refractivity contribution < 1.29 is 31.9 Å². The fraction of sp³-hybridized carbons (Fsp3) is 0.286. The van der Waals surface area contributed by atoms with Gasteiger partial charge in [-0.1, -0.05) is 0 Å². The minimum atomic E-state index is -4.16. The number of carbonyl (C=O) groups excluding carboxylic acids is 2. The van der Waals surface area contributed by atoms with Gasteiger partial charge in [0.25, 0.3) is 15.8 Å². The second-order valence-electron chi connectivity index (χ2n) is 5.07. The number of benzene rings is 1. The van der Waals surface area contributed by atoms with E-state index in [0.29, 0.717) is 0 Å². The Morgan fingerprint density at radius 3 is 2.64 bits per heavy atom. The highest BCUT2D eigenvalue weighted by Crippen LogP contribution is 2.19. The summed E-state index contributed by atoms with van der Waals surface area (Å²) < 4.78 is 33.8. The number of allylic oxidation sites excluding steroid dienone is 1. The first-order chi connectivity index (χ1) is 11.7. The Balaban J connectivity index is 1.97. The predicted octanol–water partition coefficient (Wildman–Crippen LogP) is 1.22. The summed E-state index contributed by atoms with van der Waals surface area (Å²) in [6.45, 7) is 0.920. The number of ketones is 1. The van der Waals surface area contributed by atoms with Crippen molar-refractivity contribution in [3.05, 3.63) is 46.7 Å². The molecule has 134 valence electrons. The van der Waals surface area contributed by atoms with Gasteiger partial charge in [-0.3, -0.25) is 24.0 Å². The number of nitro benzene ring substituents is 1. The van der Waals surface area contributed by atoms with Crippen molar-refractivity contribution in [2.24, 2.45) is 0 Å². The lowest BCUT2D eigenvalue weighted by atomic mass is 10.3. The zero-order valence-corrected chi connectivity index (χ0v) is 13.8. The van der Waals surface area contributed by atoms with Gasteiger partial charge < -0.3 is 4.74 Å². The van der Waals surface area contributed by atoms with Gasteiger partial charge in [-0.05, 0) is 25.1 Å². The van der Waals surface area contributed by atoms with Crippen LogP contribution in [-0.4, -0.2) is 49.4 Å². The molecular weight excluding hydrogens is 356 g/mol. The van der Waals surface area contributed by atoms with Crippen LogP contribution in [0.3, 0.4) is 0 Å². The minimum absolute atomic E-state index is 0.0262.